The molecule has 0 fully saturated rings. The molecular formula is C19H19BrN4O. The summed E-state index contributed by atoms with van der Waals surface area (Å²) in [6.07, 6.45) is 0.929. The summed E-state index contributed by atoms with van der Waals surface area (Å²) in [6.45, 7) is 1.63. The highest BCUT2D eigenvalue weighted by Crippen LogP contribution is 2.33. The Morgan fingerprint density at radius 2 is 1.84 bits per heavy atom. The summed E-state index contributed by atoms with van der Waals surface area (Å²) >= 11 is 3.47. The Hall–Kier alpha value is -2.34. The Bertz CT molecular complexity index is 965. The second-order valence-corrected chi connectivity index (χ2v) is 7.27. The van der Waals surface area contributed by atoms with Crippen molar-refractivity contribution in [2.75, 3.05) is 29.9 Å². The number of hydrogen-bond acceptors (Lipinski definition) is 3. The first-order valence-electron chi connectivity index (χ1n) is 8.30. The summed E-state index contributed by atoms with van der Waals surface area (Å²) in [5.41, 5.74) is 3.49. The van der Waals surface area contributed by atoms with Crippen LogP contribution in [0.15, 0.2) is 46.9 Å². The molecule has 0 N–H and O–H groups in total. The summed E-state index contributed by atoms with van der Waals surface area (Å²) in [6, 6.07) is 13.9. The van der Waals surface area contributed by atoms with Crippen LogP contribution in [0.25, 0.3) is 10.9 Å². The van der Waals surface area contributed by atoms with Gasteiger partial charge in [0.15, 0.2) is 0 Å². The van der Waals surface area contributed by atoms with Gasteiger partial charge in [-0.2, -0.15) is 5.10 Å². The van der Waals surface area contributed by atoms with Crippen molar-refractivity contribution in [1.82, 2.24) is 9.78 Å². The Morgan fingerprint density at radius 3 is 2.64 bits per heavy atom. The van der Waals surface area contributed by atoms with Crippen LogP contribution in [0.3, 0.4) is 0 Å². The molecule has 0 saturated carbocycles. The number of aromatic nitrogens is 2. The molecule has 0 unspecified atom stereocenters. The third kappa shape index (κ3) is 2.70. The normalized spacial score (nSPS) is 14.5. The van der Waals surface area contributed by atoms with Gasteiger partial charge in [0.25, 0.3) is 5.91 Å². The average Bonchev–Trinajstić information content (AvgIpc) is 2.82. The van der Waals surface area contributed by atoms with Crippen LogP contribution in [0.5, 0.6) is 0 Å². The minimum Gasteiger partial charge on any atom is -0.373 e. The van der Waals surface area contributed by atoms with Gasteiger partial charge in [-0.3, -0.25) is 9.48 Å². The molecule has 5 nitrogen and oxygen atoms in total. The highest BCUT2D eigenvalue weighted by Gasteiger charge is 2.27. The molecule has 0 bridgehead atoms. The highest BCUT2D eigenvalue weighted by molar-refractivity contribution is 9.10. The maximum atomic E-state index is 13.4. The fourth-order valence-corrected chi connectivity index (χ4v) is 3.84. The van der Waals surface area contributed by atoms with Gasteiger partial charge >= 0.3 is 0 Å². The number of anilines is 2. The van der Waals surface area contributed by atoms with Gasteiger partial charge in [0.2, 0.25) is 0 Å². The van der Waals surface area contributed by atoms with E-state index in [9.17, 15) is 4.79 Å². The molecule has 4 rings (SSSR count). The van der Waals surface area contributed by atoms with E-state index in [4.69, 9.17) is 0 Å². The smallest absolute Gasteiger partial charge is 0.277 e. The van der Waals surface area contributed by atoms with Crippen LogP contribution in [-0.4, -0.2) is 35.8 Å². The van der Waals surface area contributed by atoms with Gasteiger partial charge in [0.05, 0.1) is 16.9 Å². The molecule has 2 heterocycles. The third-order valence-corrected chi connectivity index (χ3v) is 5.20. The molecule has 0 radical (unpaired) electrons. The van der Waals surface area contributed by atoms with Gasteiger partial charge in [-0.15, -0.1) is 0 Å². The van der Waals surface area contributed by atoms with E-state index in [0.29, 0.717) is 12.2 Å². The molecule has 1 aliphatic heterocycles. The predicted molar refractivity (Wildman–Crippen MR) is 104 cm³/mol. The first-order valence-corrected chi connectivity index (χ1v) is 9.10. The summed E-state index contributed by atoms with van der Waals surface area (Å²) in [5.74, 6) is -0.00456. The lowest BCUT2D eigenvalue weighted by Crippen LogP contribution is -2.33. The van der Waals surface area contributed by atoms with Crippen molar-refractivity contribution in [2.24, 2.45) is 7.05 Å². The number of carbonyl (C=O) groups excluding carboxylic acids is 1. The maximum absolute atomic E-state index is 13.4. The molecule has 0 spiro atoms. The van der Waals surface area contributed by atoms with E-state index in [1.54, 1.807) is 4.68 Å². The van der Waals surface area contributed by atoms with Crippen molar-refractivity contribution in [3.05, 3.63) is 52.6 Å². The lowest BCUT2D eigenvalue weighted by Gasteiger charge is -2.24. The fraction of sp³-hybridized carbons (Fsp3) is 0.263. The quantitative estimate of drug-likeness (QED) is 0.625. The minimum atomic E-state index is -0.00456. The molecule has 2 aromatic carbocycles. The van der Waals surface area contributed by atoms with Gasteiger partial charge in [-0.25, -0.2) is 0 Å². The Labute approximate surface area is 155 Å². The molecule has 1 aliphatic rings. The van der Waals surface area contributed by atoms with Crippen LogP contribution in [0.1, 0.15) is 16.9 Å². The fourth-order valence-electron chi connectivity index (χ4n) is 3.49. The van der Waals surface area contributed by atoms with E-state index in [0.717, 1.165) is 39.7 Å². The average molecular weight is 399 g/mol. The molecule has 1 amide bonds. The van der Waals surface area contributed by atoms with E-state index in [1.807, 2.05) is 48.3 Å². The third-order valence-electron chi connectivity index (χ3n) is 4.70. The SMILES string of the molecule is CN1CCCN(C(=O)c2c3ccc(Br)cc3nn2C)c2ccccc21. The van der Waals surface area contributed by atoms with Crippen molar-refractivity contribution < 1.29 is 4.79 Å². The van der Waals surface area contributed by atoms with E-state index >= 15 is 0 Å². The molecule has 128 valence electrons. The zero-order valence-electron chi connectivity index (χ0n) is 14.2. The van der Waals surface area contributed by atoms with Crippen LogP contribution in [0, 0.1) is 0 Å². The first-order chi connectivity index (χ1) is 12.1. The minimum absolute atomic E-state index is 0.00456. The summed E-state index contributed by atoms with van der Waals surface area (Å²) in [5, 5.41) is 5.39. The lowest BCUT2D eigenvalue weighted by atomic mass is 10.1. The van der Waals surface area contributed by atoms with Crippen molar-refractivity contribution >= 4 is 44.1 Å². The molecule has 0 aliphatic carbocycles. The highest BCUT2D eigenvalue weighted by atomic mass is 79.9. The molecular weight excluding hydrogens is 380 g/mol. The van der Waals surface area contributed by atoms with Crippen molar-refractivity contribution in [1.29, 1.82) is 0 Å². The largest absolute Gasteiger partial charge is 0.373 e. The van der Waals surface area contributed by atoms with Crippen LogP contribution in [-0.2, 0) is 7.05 Å². The number of para-hydroxylation sites is 2. The Morgan fingerprint density at radius 1 is 1.08 bits per heavy atom. The van der Waals surface area contributed by atoms with E-state index in [-0.39, 0.29) is 5.91 Å². The number of halogens is 1. The maximum Gasteiger partial charge on any atom is 0.277 e. The number of benzene rings is 2. The molecule has 1 aromatic heterocycles. The van der Waals surface area contributed by atoms with Crippen LogP contribution >= 0.6 is 15.9 Å². The molecule has 25 heavy (non-hydrogen) atoms. The Kier molecular flexibility index (Phi) is 4.00. The molecule has 0 atom stereocenters. The second kappa shape index (κ2) is 6.19. The molecule has 6 heteroatoms. The van der Waals surface area contributed by atoms with Gasteiger partial charge in [0, 0.05) is 37.0 Å². The monoisotopic (exact) mass is 398 g/mol. The van der Waals surface area contributed by atoms with E-state index in [2.05, 4.69) is 39.0 Å². The van der Waals surface area contributed by atoms with Gasteiger partial charge < -0.3 is 9.80 Å². The van der Waals surface area contributed by atoms with Crippen molar-refractivity contribution in [2.45, 2.75) is 6.42 Å². The number of amides is 1. The summed E-state index contributed by atoms with van der Waals surface area (Å²) in [7, 11) is 3.90. The standard InChI is InChI=1S/C19H19BrN4O/c1-22-10-5-11-24(17-7-4-3-6-16(17)22)19(25)18-14-9-8-13(20)12-15(14)21-23(18)2/h3-4,6-9,12H,5,10-11H2,1-2H3. The van der Waals surface area contributed by atoms with Crippen molar-refractivity contribution in [3.63, 3.8) is 0 Å². The zero-order valence-corrected chi connectivity index (χ0v) is 15.8. The van der Waals surface area contributed by atoms with Gasteiger partial charge in [-0.05, 0) is 36.8 Å². The van der Waals surface area contributed by atoms with Gasteiger partial charge in [0.1, 0.15) is 5.69 Å². The molecule has 3 aromatic rings. The number of carbonyl (C=O) groups is 1. The molecule has 0 saturated heterocycles. The predicted octanol–water partition coefficient (Wildman–Crippen LogP) is 3.82. The number of fused-ring (bicyclic) bond motifs is 2. The zero-order chi connectivity index (χ0) is 17.6. The van der Waals surface area contributed by atoms with E-state index < -0.39 is 0 Å². The van der Waals surface area contributed by atoms with E-state index in [1.165, 1.54) is 0 Å². The van der Waals surface area contributed by atoms with Crippen LogP contribution < -0.4 is 9.80 Å². The number of nitrogens with zero attached hydrogens (tertiary/aromatic N) is 4. The Balaban J connectivity index is 1.84. The van der Waals surface area contributed by atoms with Crippen molar-refractivity contribution in [3.8, 4) is 0 Å². The number of rotatable bonds is 1. The van der Waals surface area contributed by atoms with Gasteiger partial charge in [-0.1, -0.05) is 28.1 Å². The number of aryl methyl sites for hydroxylation is 1. The number of hydrogen-bond donors (Lipinski definition) is 0. The second-order valence-electron chi connectivity index (χ2n) is 6.35. The van der Waals surface area contributed by atoms with Crippen LogP contribution in [0.2, 0.25) is 0 Å². The lowest BCUT2D eigenvalue weighted by molar-refractivity contribution is 0.0980. The summed E-state index contributed by atoms with van der Waals surface area (Å²) < 4.78 is 2.65. The first kappa shape index (κ1) is 16.1. The van der Waals surface area contributed by atoms with Crippen LogP contribution in [0.4, 0.5) is 11.4 Å². The summed E-state index contributed by atoms with van der Waals surface area (Å²) in [4.78, 5) is 17.5. The topological polar surface area (TPSA) is 41.4 Å².